The van der Waals surface area contributed by atoms with Crippen molar-refractivity contribution in [2.75, 3.05) is 0 Å². The molecule has 2 atom stereocenters. The highest BCUT2D eigenvalue weighted by Crippen LogP contribution is 2.60. The van der Waals surface area contributed by atoms with Crippen molar-refractivity contribution < 1.29 is 0 Å². The van der Waals surface area contributed by atoms with Crippen molar-refractivity contribution >= 4 is 0 Å². The molecule has 0 nitrogen and oxygen atoms in total. The van der Waals surface area contributed by atoms with Gasteiger partial charge in [0.05, 0.1) is 0 Å². The highest BCUT2D eigenvalue weighted by Gasteiger charge is 2.51. The lowest BCUT2D eigenvalue weighted by molar-refractivity contribution is 0.264. The molecule has 0 heterocycles. The van der Waals surface area contributed by atoms with Gasteiger partial charge in [-0.3, -0.25) is 0 Å². The van der Waals surface area contributed by atoms with Crippen molar-refractivity contribution in [3.63, 3.8) is 0 Å². The van der Waals surface area contributed by atoms with E-state index < -0.39 is 0 Å². The van der Waals surface area contributed by atoms with Crippen molar-refractivity contribution in [3.05, 3.63) is 46.5 Å². The molecular weight excluding hydrogens is 264 g/mol. The number of fused-ring (bicyclic) bond motifs is 5. The molecule has 1 aromatic rings. The van der Waals surface area contributed by atoms with E-state index in [2.05, 4.69) is 24.3 Å². The van der Waals surface area contributed by atoms with Crippen LogP contribution in [0.15, 0.2) is 29.8 Å². The van der Waals surface area contributed by atoms with Crippen LogP contribution in [-0.2, 0) is 11.8 Å². The zero-order valence-corrected chi connectivity index (χ0v) is 13.7. The molecule has 0 N–H and O–H groups in total. The van der Waals surface area contributed by atoms with E-state index in [1.807, 2.05) is 5.56 Å². The summed E-state index contributed by atoms with van der Waals surface area (Å²) in [6.45, 7) is 0. The molecule has 1 spiro atoms. The second kappa shape index (κ2) is 4.98. The fraction of sp³-hybridized carbons (Fsp3) is 0.636. The Bertz CT molecular complexity index is 617. The Morgan fingerprint density at radius 2 is 1.91 bits per heavy atom. The van der Waals surface area contributed by atoms with Gasteiger partial charge in [-0.1, -0.05) is 49.1 Å². The van der Waals surface area contributed by atoms with Crippen LogP contribution in [0.4, 0.5) is 0 Å². The minimum atomic E-state index is 0.547. The largest absolute Gasteiger partial charge is 0.0850 e. The van der Waals surface area contributed by atoms with Crippen molar-refractivity contribution in [3.8, 4) is 0 Å². The lowest BCUT2D eigenvalue weighted by atomic mass is 9.60. The maximum Gasteiger partial charge on any atom is 0.00300 e. The fourth-order valence-corrected chi connectivity index (χ4v) is 6.40. The van der Waals surface area contributed by atoms with Crippen molar-refractivity contribution in [1.82, 2.24) is 0 Å². The third-order valence-corrected chi connectivity index (χ3v) is 7.32. The van der Waals surface area contributed by atoms with Crippen LogP contribution < -0.4 is 0 Å². The minimum Gasteiger partial charge on any atom is -0.0850 e. The van der Waals surface area contributed by atoms with E-state index >= 15 is 0 Å². The van der Waals surface area contributed by atoms with E-state index in [0.717, 1.165) is 11.8 Å². The molecule has 0 radical (unpaired) electrons. The van der Waals surface area contributed by atoms with Crippen LogP contribution >= 0.6 is 0 Å². The maximum absolute atomic E-state index is 2.56. The third kappa shape index (κ3) is 1.82. The van der Waals surface area contributed by atoms with Crippen LogP contribution in [0.25, 0.3) is 0 Å². The molecule has 2 unspecified atom stereocenters. The molecule has 0 aliphatic heterocycles. The summed E-state index contributed by atoms with van der Waals surface area (Å²) in [6.07, 6.45) is 18.2. The number of hydrogen-bond acceptors (Lipinski definition) is 0. The molecule has 2 fully saturated rings. The number of rotatable bonds is 1. The highest BCUT2D eigenvalue weighted by atomic mass is 14.5. The highest BCUT2D eigenvalue weighted by molar-refractivity contribution is 5.49. The summed E-state index contributed by atoms with van der Waals surface area (Å²) in [4.78, 5) is 0. The van der Waals surface area contributed by atoms with Gasteiger partial charge in [0, 0.05) is 5.41 Å². The average Bonchev–Trinajstić information content (AvgIpc) is 3.17. The Hall–Kier alpha value is -1.04. The first-order chi connectivity index (χ1) is 10.9. The second-order valence-electron chi connectivity index (χ2n) is 8.40. The quantitative estimate of drug-likeness (QED) is 0.553. The first kappa shape index (κ1) is 13.4. The lowest BCUT2D eigenvalue weighted by Gasteiger charge is -2.44. The Kier molecular flexibility index (Phi) is 3.03. The molecule has 0 aromatic heterocycles. The molecular formula is C22H28. The Morgan fingerprint density at radius 1 is 1.00 bits per heavy atom. The standard InChI is InChI=1S/C22H28/c1-2-6-17(7-3-1)20-10-4-8-18-9-5-13-22(21(18)20)15-16-11-12-19(22)14-16/h4,8,10-11,17,19H,1-3,5-7,9,12-15H2. The Morgan fingerprint density at radius 3 is 2.68 bits per heavy atom. The van der Waals surface area contributed by atoms with E-state index in [1.54, 1.807) is 16.7 Å². The molecule has 22 heavy (non-hydrogen) atoms. The summed E-state index contributed by atoms with van der Waals surface area (Å²) >= 11 is 0. The first-order valence-corrected chi connectivity index (χ1v) is 9.67. The van der Waals surface area contributed by atoms with Crippen LogP contribution in [0.1, 0.15) is 86.8 Å². The van der Waals surface area contributed by atoms with Crippen LogP contribution in [0.3, 0.4) is 0 Å². The van der Waals surface area contributed by atoms with Crippen molar-refractivity contribution in [2.24, 2.45) is 5.92 Å². The number of aryl methyl sites for hydroxylation is 1. The van der Waals surface area contributed by atoms with Gasteiger partial charge in [-0.25, -0.2) is 0 Å². The normalized spacial score (nSPS) is 34.0. The molecule has 1 aromatic carbocycles. The van der Waals surface area contributed by atoms with Crippen LogP contribution in [-0.4, -0.2) is 0 Å². The number of benzene rings is 1. The fourth-order valence-electron chi connectivity index (χ4n) is 6.40. The van der Waals surface area contributed by atoms with Crippen LogP contribution in [0, 0.1) is 5.92 Å². The van der Waals surface area contributed by atoms with E-state index in [0.29, 0.717) is 5.41 Å². The van der Waals surface area contributed by atoms with E-state index in [-0.39, 0.29) is 0 Å². The van der Waals surface area contributed by atoms with Crippen LogP contribution in [0.5, 0.6) is 0 Å². The summed E-state index contributed by atoms with van der Waals surface area (Å²) in [5, 5.41) is 0. The molecule has 0 heteroatoms. The predicted molar refractivity (Wildman–Crippen MR) is 92.3 cm³/mol. The summed E-state index contributed by atoms with van der Waals surface area (Å²) < 4.78 is 0. The van der Waals surface area contributed by atoms with Gasteiger partial charge in [0.25, 0.3) is 0 Å². The molecule has 4 aliphatic carbocycles. The molecule has 4 aliphatic rings. The van der Waals surface area contributed by atoms with Gasteiger partial charge in [-0.2, -0.15) is 0 Å². The second-order valence-corrected chi connectivity index (χ2v) is 8.40. The first-order valence-electron chi connectivity index (χ1n) is 9.67. The van der Waals surface area contributed by atoms with E-state index in [1.165, 1.54) is 70.6 Å². The van der Waals surface area contributed by atoms with Gasteiger partial charge in [-0.05, 0) is 79.9 Å². The van der Waals surface area contributed by atoms with Crippen molar-refractivity contribution in [2.45, 2.75) is 82.0 Å². The van der Waals surface area contributed by atoms with Gasteiger partial charge in [-0.15, -0.1) is 0 Å². The van der Waals surface area contributed by atoms with E-state index in [9.17, 15) is 0 Å². The molecule has 0 saturated heterocycles. The van der Waals surface area contributed by atoms with Gasteiger partial charge in [0.1, 0.15) is 0 Å². The molecule has 0 amide bonds. The third-order valence-electron chi connectivity index (χ3n) is 7.32. The number of allylic oxidation sites excluding steroid dienone is 2. The van der Waals surface area contributed by atoms with Crippen molar-refractivity contribution in [1.29, 1.82) is 0 Å². The zero-order chi connectivity index (χ0) is 14.6. The Labute approximate surface area is 135 Å². The predicted octanol–water partition coefficient (Wildman–Crippen LogP) is 6.05. The summed E-state index contributed by atoms with van der Waals surface area (Å²) in [5.74, 6) is 1.80. The lowest BCUT2D eigenvalue weighted by Crippen LogP contribution is -2.37. The minimum absolute atomic E-state index is 0.547. The summed E-state index contributed by atoms with van der Waals surface area (Å²) in [6, 6.07) is 7.35. The van der Waals surface area contributed by atoms with Gasteiger partial charge < -0.3 is 0 Å². The van der Waals surface area contributed by atoms with Crippen LogP contribution in [0.2, 0.25) is 0 Å². The Balaban J connectivity index is 1.65. The zero-order valence-electron chi connectivity index (χ0n) is 13.7. The monoisotopic (exact) mass is 292 g/mol. The summed E-state index contributed by atoms with van der Waals surface area (Å²) in [5.41, 5.74) is 7.70. The summed E-state index contributed by atoms with van der Waals surface area (Å²) in [7, 11) is 0. The van der Waals surface area contributed by atoms with Gasteiger partial charge in [0.15, 0.2) is 0 Å². The maximum atomic E-state index is 2.56. The molecule has 5 rings (SSSR count). The number of hydrogen-bond donors (Lipinski definition) is 0. The average molecular weight is 292 g/mol. The SMILES string of the molecule is C1=C2CC(C1)C1(CCCc3cccc(C4CCCCC4)c31)C2. The molecule has 116 valence electrons. The van der Waals surface area contributed by atoms with E-state index in [4.69, 9.17) is 0 Å². The topological polar surface area (TPSA) is 0 Å². The van der Waals surface area contributed by atoms with Gasteiger partial charge in [0.2, 0.25) is 0 Å². The van der Waals surface area contributed by atoms with Gasteiger partial charge >= 0.3 is 0 Å². The molecule has 2 bridgehead atoms. The smallest absolute Gasteiger partial charge is 0.00300 e. The molecule has 2 saturated carbocycles.